The van der Waals surface area contributed by atoms with Crippen molar-refractivity contribution in [3.05, 3.63) is 65.5 Å². The monoisotopic (exact) mass is 297 g/mol. The largest absolute Gasteiger partial charge is 0.507 e. The van der Waals surface area contributed by atoms with E-state index in [9.17, 15) is 14.7 Å². The third-order valence-electron chi connectivity index (χ3n) is 2.87. The number of hydrogen-bond acceptors (Lipinski definition) is 5. The molecule has 1 aromatic heterocycles. The van der Waals surface area contributed by atoms with Gasteiger partial charge in [0.15, 0.2) is 5.78 Å². The first-order valence-electron chi connectivity index (χ1n) is 6.75. The number of hydrogen-bond donors (Lipinski definition) is 1. The molecule has 0 fully saturated rings. The van der Waals surface area contributed by atoms with E-state index in [0.717, 1.165) is 0 Å². The zero-order chi connectivity index (χ0) is 15.9. The van der Waals surface area contributed by atoms with Gasteiger partial charge in [-0.25, -0.2) is 4.79 Å². The number of esters is 1. The highest BCUT2D eigenvalue weighted by atomic mass is 16.5. The van der Waals surface area contributed by atoms with E-state index >= 15 is 0 Å². The molecule has 0 spiro atoms. The number of aromatic hydroxyl groups is 1. The molecule has 0 unspecified atom stereocenters. The Bertz CT molecular complexity index is 708. The lowest BCUT2D eigenvalue weighted by atomic mass is 10.1. The van der Waals surface area contributed by atoms with Gasteiger partial charge in [0, 0.05) is 6.20 Å². The number of phenols is 1. The van der Waals surface area contributed by atoms with E-state index in [-0.39, 0.29) is 23.5 Å². The van der Waals surface area contributed by atoms with Crippen LogP contribution in [0, 0.1) is 0 Å². The van der Waals surface area contributed by atoms with Gasteiger partial charge in [0.25, 0.3) is 0 Å². The highest BCUT2D eigenvalue weighted by Gasteiger charge is 2.13. The van der Waals surface area contributed by atoms with Gasteiger partial charge in [-0.05, 0) is 49.4 Å². The molecular formula is C17H15NO4. The molecule has 5 nitrogen and oxygen atoms in total. The van der Waals surface area contributed by atoms with Gasteiger partial charge in [0.05, 0.1) is 23.4 Å². The fraction of sp³-hybridized carbons (Fsp3) is 0.118. The number of nitrogens with zero attached hydrogens (tertiary/aromatic N) is 1. The lowest BCUT2D eigenvalue weighted by Gasteiger charge is -2.05. The molecule has 0 saturated heterocycles. The average molecular weight is 297 g/mol. The highest BCUT2D eigenvalue weighted by molar-refractivity contribution is 6.09. The minimum Gasteiger partial charge on any atom is -0.507 e. The van der Waals surface area contributed by atoms with Crippen molar-refractivity contribution in [3.8, 4) is 5.75 Å². The molecular weight excluding hydrogens is 282 g/mol. The second-order valence-electron chi connectivity index (χ2n) is 4.40. The Hall–Kier alpha value is -2.95. The number of pyridine rings is 1. The van der Waals surface area contributed by atoms with Crippen LogP contribution in [0.5, 0.6) is 5.75 Å². The summed E-state index contributed by atoms with van der Waals surface area (Å²) in [4.78, 5) is 27.9. The van der Waals surface area contributed by atoms with Gasteiger partial charge in [0.2, 0.25) is 0 Å². The minimum absolute atomic E-state index is 0.0396. The molecule has 0 aliphatic carbocycles. The molecule has 1 aromatic carbocycles. The third kappa shape index (κ3) is 3.79. The second-order valence-corrected chi connectivity index (χ2v) is 4.40. The zero-order valence-corrected chi connectivity index (χ0v) is 12.0. The molecule has 0 amide bonds. The average Bonchev–Trinajstić information content (AvgIpc) is 2.54. The summed E-state index contributed by atoms with van der Waals surface area (Å²) in [5.74, 6) is -1.15. The molecule has 5 heteroatoms. The smallest absolute Gasteiger partial charge is 0.338 e. The zero-order valence-electron chi connectivity index (χ0n) is 12.0. The summed E-state index contributed by atoms with van der Waals surface area (Å²) in [6.07, 6.45) is 4.45. The van der Waals surface area contributed by atoms with Gasteiger partial charge in [-0.2, -0.15) is 0 Å². The van der Waals surface area contributed by atoms with Gasteiger partial charge in [0.1, 0.15) is 5.75 Å². The molecule has 0 radical (unpaired) electrons. The number of benzene rings is 1. The Balaban J connectivity index is 2.23. The van der Waals surface area contributed by atoms with E-state index in [1.165, 1.54) is 24.3 Å². The molecule has 2 rings (SSSR count). The van der Waals surface area contributed by atoms with E-state index in [1.54, 1.807) is 37.4 Å². The standard InChI is InChI=1S/C17H15NO4/c1-2-22-17(21)12-6-8-15(19)14(11-12)16(20)9-7-13-5-3-4-10-18-13/h3-11,19H,2H2,1H3/b9-7+. The van der Waals surface area contributed by atoms with Crippen molar-refractivity contribution in [1.82, 2.24) is 4.98 Å². The van der Waals surface area contributed by atoms with E-state index in [0.29, 0.717) is 5.69 Å². The van der Waals surface area contributed by atoms with E-state index < -0.39 is 11.8 Å². The van der Waals surface area contributed by atoms with Crippen molar-refractivity contribution in [2.24, 2.45) is 0 Å². The molecule has 0 atom stereocenters. The molecule has 2 aromatic rings. The van der Waals surface area contributed by atoms with E-state index in [1.807, 2.05) is 0 Å². The Morgan fingerprint density at radius 1 is 1.27 bits per heavy atom. The summed E-state index contributed by atoms with van der Waals surface area (Å²) in [5.41, 5.74) is 0.879. The van der Waals surface area contributed by atoms with Crippen LogP contribution in [-0.2, 0) is 4.74 Å². The highest BCUT2D eigenvalue weighted by Crippen LogP contribution is 2.20. The number of carbonyl (C=O) groups is 2. The van der Waals surface area contributed by atoms with Gasteiger partial charge < -0.3 is 9.84 Å². The lowest BCUT2D eigenvalue weighted by molar-refractivity contribution is 0.0526. The second kappa shape index (κ2) is 7.17. The number of phenolic OH excluding ortho intramolecular Hbond substituents is 1. The Morgan fingerprint density at radius 3 is 2.77 bits per heavy atom. The fourth-order valence-electron chi connectivity index (χ4n) is 1.80. The van der Waals surface area contributed by atoms with Crippen LogP contribution in [-0.4, -0.2) is 28.4 Å². The van der Waals surface area contributed by atoms with Crippen molar-refractivity contribution in [1.29, 1.82) is 0 Å². The first kappa shape index (κ1) is 15.4. The lowest BCUT2D eigenvalue weighted by Crippen LogP contribution is -2.06. The maximum absolute atomic E-state index is 12.1. The third-order valence-corrected chi connectivity index (χ3v) is 2.87. The Labute approximate surface area is 127 Å². The predicted octanol–water partition coefficient (Wildman–Crippen LogP) is 2.86. The molecule has 0 saturated carbocycles. The summed E-state index contributed by atoms with van der Waals surface area (Å²) in [7, 11) is 0. The van der Waals surface area contributed by atoms with E-state index in [2.05, 4.69) is 4.98 Å². The predicted molar refractivity (Wildman–Crippen MR) is 81.7 cm³/mol. The van der Waals surface area contributed by atoms with Crippen molar-refractivity contribution < 1.29 is 19.4 Å². The summed E-state index contributed by atoms with van der Waals surface area (Å²) in [6.45, 7) is 1.93. The molecule has 0 bridgehead atoms. The van der Waals surface area contributed by atoms with E-state index in [4.69, 9.17) is 4.74 Å². The number of rotatable bonds is 5. The number of aromatic nitrogens is 1. The van der Waals surface area contributed by atoms with Crippen LogP contribution in [0.3, 0.4) is 0 Å². The van der Waals surface area contributed by atoms with Crippen molar-refractivity contribution in [3.63, 3.8) is 0 Å². The van der Waals surface area contributed by atoms with Crippen molar-refractivity contribution in [2.75, 3.05) is 6.61 Å². The summed E-state index contributed by atoms with van der Waals surface area (Å²) in [6, 6.07) is 9.35. The molecule has 0 aliphatic heterocycles. The van der Waals surface area contributed by atoms with Crippen molar-refractivity contribution in [2.45, 2.75) is 6.92 Å². The van der Waals surface area contributed by atoms with Crippen LogP contribution in [0.15, 0.2) is 48.7 Å². The van der Waals surface area contributed by atoms with Gasteiger partial charge in [-0.3, -0.25) is 9.78 Å². The molecule has 112 valence electrons. The van der Waals surface area contributed by atoms with Crippen LogP contribution in [0.2, 0.25) is 0 Å². The molecule has 1 heterocycles. The van der Waals surface area contributed by atoms with Crippen LogP contribution in [0.4, 0.5) is 0 Å². The maximum Gasteiger partial charge on any atom is 0.338 e. The topological polar surface area (TPSA) is 76.5 Å². The number of carbonyl (C=O) groups excluding carboxylic acids is 2. The molecule has 0 aliphatic rings. The molecule has 22 heavy (non-hydrogen) atoms. The maximum atomic E-state index is 12.1. The number of ketones is 1. The fourth-order valence-corrected chi connectivity index (χ4v) is 1.80. The van der Waals surface area contributed by atoms with Gasteiger partial charge in [-0.1, -0.05) is 6.07 Å². The van der Waals surface area contributed by atoms with Crippen LogP contribution >= 0.6 is 0 Å². The summed E-state index contributed by atoms with van der Waals surface area (Å²) in [5, 5.41) is 9.79. The quantitative estimate of drug-likeness (QED) is 0.521. The normalized spacial score (nSPS) is 10.6. The molecule has 1 N–H and O–H groups in total. The minimum atomic E-state index is -0.537. The van der Waals surface area contributed by atoms with Crippen molar-refractivity contribution >= 4 is 17.8 Å². The van der Waals surface area contributed by atoms with Gasteiger partial charge in [-0.15, -0.1) is 0 Å². The van der Waals surface area contributed by atoms with Crippen LogP contribution in [0.1, 0.15) is 33.3 Å². The summed E-state index contributed by atoms with van der Waals surface area (Å²) < 4.78 is 4.87. The first-order valence-corrected chi connectivity index (χ1v) is 6.75. The SMILES string of the molecule is CCOC(=O)c1ccc(O)c(C(=O)/C=C/c2ccccn2)c1. The number of ether oxygens (including phenoxy) is 1. The van der Waals surface area contributed by atoms with Gasteiger partial charge >= 0.3 is 5.97 Å². The van der Waals surface area contributed by atoms with Crippen LogP contribution in [0.25, 0.3) is 6.08 Å². The number of allylic oxidation sites excluding steroid dienone is 1. The Kier molecular flexibility index (Phi) is 5.03. The summed E-state index contributed by atoms with van der Waals surface area (Å²) >= 11 is 0. The Morgan fingerprint density at radius 2 is 2.09 bits per heavy atom. The first-order chi connectivity index (χ1) is 10.6. The van der Waals surface area contributed by atoms with Crippen LogP contribution < -0.4 is 0 Å².